The van der Waals surface area contributed by atoms with Gasteiger partial charge in [-0.2, -0.15) is 14.6 Å². The Kier molecular flexibility index (Phi) is 5.55. The number of carbonyl (C=O) groups is 2. The van der Waals surface area contributed by atoms with Gasteiger partial charge >= 0.3 is 11.8 Å². The summed E-state index contributed by atoms with van der Waals surface area (Å²) in [6.07, 6.45) is 3.66. The van der Waals surface area contributed by atoms with Crippen LogP contribution in [0.5, 0.6) is 5.88 Å². The average Bonchev–Trinajstić information content (AvgIpc) is 2.95. The molecule has 0 aromatic carbocycles. The normalized spacial score (nSPS) is 10.6. The summed E-state index contributed by atoms with van der Waals surface area (Å²) in [4.78, 5) is 27.2. The number of hydrazone groups is 1. The number of pyridine rings is 1. The van der Waals surface area contributed by atoms with Crippen molar-refractivity contribution in [2.45, 2.75) is 13.5 Å². The first-order valence-electron chi connectivity index (χ1n) is 6.91. The van der Waals surface area contributed by atoms with Crippen molar-refractivity contribution in [1.29, 1.82) is 0 Å². The summed E-state index contributed by atoms with van der Waals surface area (Å²) in [5.74, 6) is -2.16. The van der Waals surface area contributed by atoms with Crippen LogP contribution in [-0.2, 0) is 16.1 Å². The Labute approximate surface area is 136 Å². The van der Waals surface area contributed by atoms with Crippen molar-refractivity contribution >= 4 is 23.7 Å². The minimum absolute atomic E-state index is 0.0944. The molecule has 2 N–H and O–H groups in total. The molecule has 2 amide bonds. The fourth-order valence-electron chi connectivity index (χ4n) is 1.67. The summed E-state index contributed by atoms with van der Waals surface area (Å²) in [6.45, 7) is 2.10. The number of nitrogens with zero attached hydrogens (tertiary/aromatic N) is 4. The second-order valence-electron chi connectivity index (χ2n) is 4.45. The number of anilines is 1. The van der Waals surface area contributed by atoms with Gasteiger partial charge in [-0.3, -0.25) is 9.59 Å². The lowest BCUT2D eigenvalue weighted by Gasteiger charge is -2.04. The van der Waals surface area contributed by atoms with Crippen molar-refractivity contribution in [2.75, 3.05) is 12.4 Å². The molecule has 10 heteroatoms. The molecule has 0 aliphatic heterocycles. The molecule has 0 unspecified atom stereocenters. The molecule has 0 spiro atoms. The van der Waals surface area contributed by atoms with E-state index in [0.717, 1.165) is 10.9 Å². The summed E-state index contributed by atoms with van der Waals surface area (Å²) < 4.78 is 19.7. The van der Waals surface area contributed by atoms with Crippen LogP contribution in [0.4, 0.5) is 10.1 Å². The van der Waals surface area contributed by atoms with Crippen LogP contribution in [-0.4, -0.2) is 39.9 Å². The standard InChI is InChI=1S/C14H15FN6O3/c1-3-21-12(15)9(7-18-21)6-17-20-14(23)13(22)19-10-4-5-11(24-2)16-8-10/h4-8H,3H2,1-2H3,(H,19,22)(H,20,23)/b17-6+. The molecule has 0 bridgehead atoms. The molecule has 2 heterocycles. The summed E-state index contributed by atoms with van der Waals surface area (Å²) in [5, 5.41) is 9.64. The molecule has 2 aromatic heterocycles. The molecule has 2 aromatic rings. The third-order valence-corrected chi connectivity index (χ3v) is 2.88. The van der Waals surface area contributed by atoms with Crippen LogP contribution in [0.1, 0.15) is 12.5 Å². The molecule has 126 valence electrons. The average molecular weight is 334 g/mol. The first kappa shape index (κ1) is 17.1. The molecule has 0 saturated heterocycles. The molecule has 0 aliphatic carbocycles. The van der Waals surface area contributed by atoms with Crippen LogP contribution in [0.3, 0.4) is 0 Å². The molecular formula is C14H15FN6O3. The van der Waals surface area contributed by atoms with Gasteiger partial charge in [0.15, 0.2) is 0 Å². The number of aryl methyl sites for hydroxylation is 1. The van der Waals surface area contributed by atoms with Crippen LogP contribution < -0.4 is 15.5 Å². The van der Waals surface area contributed by atoms with E-state index in [9.17, 15) is 14.0 Å². The van der Waals surface area contributed by atoms with Gasteiger partial charge in [0.2, 0.25) is 11.8 Å². The van der Waals surface area contributed by atoms with E-state index >= 15 is 0 Å². The largest absolute Gasteiger partial charge is 0.481 e. The molecule has 0 fully saturated rings. The molecule has 24 heavy (non-hydrogen) atoms. The van der Waals surface area contributed by atoms with E-state index in [2.05, 4.69) is 20.5 Å². The van der Waals surface area contributed by atoms with Crippen molar-refractivity contribution < 1.29 is 18.7 Å². The van der Waals surface area contributed by atoms with Gasteiger partial charge in [-0.05, 0) is 13.0 Å². The fraction of sp³-hybridized carbons (Fsp3) is 0.214. The van der Waals surface area contributed by atoms with Gasteiger partial charge in [0.1, 0.15) is 0 Å². The van der Waals surface area contributed by atoms with E-state index in [-0.39, 0.29) is 5.56 Å². The fourth-order valence-corrected chi connectivity index (χ4v) is 1.67. The van der Waals surface area contributed by atoms with E-state index in [1.165, 1.54) is 31.6 Å². The second kappa shape index (κ2) is 7.81. The number of rotatable bonds is 5. The first-order valence-corrected chi connectivity index (χ1v) is 6.91. The molecule has 0 saturated carbocycles. The minimum atomic E-state index is -1.01. The first-order chi connectivity index (χ1) is 11.5. The highest BCUT2D eigenvalue weighted by atomic mass is 19.1. The Hall–Kier alpha value is -3.30. The summed E-state index contributed by atoms with van der Waals surface area (Å²) in [6, 6.07) is 3.05. The number of aromatic nitrogens is 3. The number of ether oxygens (including phenoxy) is 1. The van der Waals surface area contributed by atoms with Gasteiger partial charge in [-0.1, -0.05) is 0 Å². The van der Waals surface area contributed by atoms with Crippen molar-refractivity contribution in [3.63, 3.8) is 0 Å². The molecule has 0 radical (unpaired) electrons. The van der Waals surface area contributed by atoms with Crippen molar-refractivity contribution in [1.82, 2.24) is 20.2 Å². The quantitative estimate of drug-likeness (QED) is 0.471. The Balaban J connectivity index is 1.90. The van der Waals surface area contributed by atoms with Crippen LogP contribution in [0.15, 0.2) is 29.6 Å². The molecule has 9 nitrogen and oxygen atoms in total. The van der Waals surface area contributed by atoms with Gasteiger partial charge in [-0.15, -0.1) is 0 Å². The number of nitrogens with one attached hydrogen (secondary N) is 2. The Morgan fingerprint density at radius 3 is 2.75 bits per heavy atom. The number of hydrogen-bond donors (Lipinski definition) is 2. The van der Waals surface area contributed by atoms with Gasteiger partial charge < -0.3 is 10.1 Å². The van der Waals surface area contributed by atoms with E-state index in [4.69, 9.17) is 4.74 Å². The maximum atomic E-state index is 13.7. The predicted molar refractivity (Wildman–Crippen MR) is 83.0 cm³/mol. The lowest BCUT2D eigenvalue weighted by molar-refractivity contribution is -0.136. The van der Waals surface area contributed by atoms with Crippen molar-refractivity contribution in [3.05, 3.63) is 36.0 Å². The van der Waals surface area contributed by atoms with E-state index in [0.29, 0.717) is 18.1 Å². The second-order valence-corrected chi connectivity index (χ2v) is 4.45. The van der Waals surface area contributed by atoms with Crippen LogP contribution in [0.2, 0.25) is 0 Å². The maximum Gasteiger partial charge on any atom is 0.329 e. The van der Waals surface area contributed by atoms with Crippen LogP contribution in [0.25, 0.3) is 0 Å². The highest BCUT2D eigenvalue weighted by Gasteiger charge is 2.13. The number of amides is 2. The number of hydrogen-bond acceptors (Lipinski definition) is 6. The Morgan fingerprint density at radius 1 is 1.38 bits per heavy atom. The van der Waals surface area contributed by atoms with Crippen molar-refractivity contribution in [2.24, 2.45) is 5.10 Å². The zero-order valence-corrected chi connectivity index (χ0v) is 13.0. The maximum absolute atomic E-state index is 13.7. The van der Waals surface area contributed by atoms with E-state index in [1.54, 1.807) is 6.92 Å². The minimum Gasteiger partial charge on any atom is -0.481 e. The summed E-state index contributed by atoms with van der Waals surface area (Å²) >= 11 is 0. The highest BCUT2D eigenvalue weighted by molar-refractivity contribution is 6.39. The third kappa shape index (κ3) is 4.12. The summed E-state index contributed by atoms with van der Waals surface area (Å²) in [5.41, 5.74) is 2.41. The lowest BCUT2D eigenvalue weighted by Crippen LogP contribution is -2.32. The third-order valence-electron chi connectivity index (χ3n) is 2.88. The molecule has 0 atom stereocenters. The van der Waals surface area contributed by atoms with Crippen LogP contribution in [0, 0.1) is 5.95 Å². The van der Waals surface area contributed by atoms with Gasteiger partial charge in [0, 0.05) is 12.6 Å². The predicted octanol–water partition coefficient (Wildman–Crippen LogP) is 0.534. The monoisotopic (exact) mass is 334 g/mol. The zero-order valence-electron chi connectivity index (χ0n) is 13.0. The number of carbonyl (C=O) groups excluding carboxylic acids is 2. The zero-order chi connectivity index (χ0) is 17.5. The number of methoxy groups -OCH3 is 1. The topological polar surface area (TPSA) is 110 Å². The molecular weight excluding hydrogens is 319 g/mol. The SMILES string of the molecule is CCn1ncc(/C=N/NC(=O)C(=O)Nc2ccc(OC)nc2)c1F. The van der Waals surface area contributed by atoms with E-state index in [1.807, 2.05) is 5.43 Å². The van der Waals surface area contributed by atoms with Crippen LogP contribution >= 0.6 is 0 Å². The molecule has 2 rings (SSSR count). The Bertz CT molecular complexity index is 756. The highest BCUT2D eigenvalue weighted by Crippen LogP contribution is 2.10. The smallest absolute Gasteiger partial charge is 0.329 e. The van der Waals surface area contributed by atoms with E-state index < -0.39 is 17.8 Å². The lowest BCUT2D eigenvalue weighted by atomic mass is 10.4. The van der Waals surface area contributed by atoms with Gasteiger partial charge in [-0.25, -0.2) is 15.1 Å². The van der Waals surface area contributed by atoms with Gasteiger partial charge in [0.25, 0.3) is 0 Å². The molecule has 0 aliphatic rings. The van der Waals surface area contributed by atoms with Gasteiger partial charge in [0.05, 0.1) is 37.0 Å². The summed E-state index contributed by atoms with van der Waals surface area (Å²) in [7, 11) is 1.46. The Morgan fingerprint density at radius 2 is 2.17 bits per heavy atom. The van der Waals surface area contributed by atoms with Crippen molar-refractivity contribution in [3.8, 4) is 5.88 Å². The number of halogens is 1.